The van der Waals surface area contributed by atoms with Crippen LogP contribution < -0.4 is 10.6 Å². The van der Waals surface area contributed by atoms with Crippen LogP contribution in [0.25, 0.3) is 5.69 Å². The lowest BCUT2D eigenvalue weighted by Crippen LogP contribution is -2.40. The minimum Gasteiger partial charge on any atom is -0.311 e. The zero-order valence-electron chi connectivity index (χ0n) is 22.3. The van der Waals surface area contributed by atoms with E-state index in [1.54, 1.807) is 4.68 Å². The van der Waals surface area contributed by atoms with E-state index in [2.05, 4.69) is 10.6 Å². The second-order valence-corrected chi connectivity index (χ2v) is 10.8. The molecule has 2 N–H and O–H groups in total. The molecule has 4 rings (SSSR count). The third kappa shape index (κ3) is 7.23. The van der Waals surface area contributed by atoms with Crippen LogP contribution in [0.2, 0.25) is 5.02 Å². The molecule has 0 atom stereocenters. The van der Waals surface area contributed by atoms with Crippen LogP contribution in [-0.4, -0.2) is 33.2 Å². The third-order valence-electron chi connectivity index (χ3n) is 6.03. The van der Waals surface area contributed by atoms with Crippen LogP contribution in [-0.2, 0) is 16.8 Å². The number of benzene rings is 3. The van der Waals surface area contributed by atoms with Crippen molar-refractivity contribution in [2.24, 2.45) is 0 Å². The van der Waals surface area contributed by atoms with Gasteiger partial charge in [-0.1, -0.05) is 80.4 Å². The van der Waals surface area contributed by atoms with Crippen molar-refractivity contribution in [3.8, 4) is 5.69 Å². The molecule has 0 saturated carbocycles. The summed E-state index contributed by atoms with van der Waals surface area (Å²) in [6.45, 7) is 8.09. The van der Waals surface area contributed by atoms with E-state index in [4.69, 9.17) is 16.7 Å². The first-order valence-corrected chi connectivity index (χ1v) is 12.9. The first kappa shape index (κ1) is 27.9. The van der Waals surface area contributed by atoms with Gasteiger partial charge in [0.05, 0.1) is 16.4 Å². The van der Waals surface area contributed by atoms with Crippen LogP contribution >= 0.6 is 11.6 Å². The van der Waals surface area contributed by atoms with Crippen molar-refractivity contribution in [2.75, 3.05) is 17.2 Å². The Morgan fingerprint density at radius 1 is 0.974 bits per heavy atom. The number of rotatable bonds is 7. The van der Waals surface area contributed by atoms with E-state index < -0.39 is 17.8 Å². The van der Waals surface area contributed by atoms with E-state index in [1.807, 2.05) is 88.4 Å². The molecule has 3 aromatic carbocycles. The Hall–Kier alpha value is -4.17. The van der Waals surface area contributed by atoms with Crippen molar-refractivity contribution < 1.29 is 14.0 Å². The Labute approximate surface area is 232 Å². The van der Waals surface area contributed by atoms with E-state index in [1.165, 1.54) is 23.1 Å². The highest BCUT2D eigenvalue weighted by molar-refractivity contribution is 6.31. The zero-order valence-corrected chi connectivity index (χ0v) is 23.1. The van der Waals surface area contributed by atoms with Gasteiger partial charge < -0.3 is 15.5 Å². The van der Waals surface area contributed by atoms with Gasteiger partial charge in [0.15, 0.2) is 0 Å². The second kappa shape index (κ2) is 11.7. The molecule has 39 heavy (non-hydrogen) atoms. The molecule has 0 aliphatic heterocycles. The number of carbonyl (C=O) groups excluding carboxylic acids is 2. The van der Waals surface area contributed by atoms with Crippen LogP contribution in [0.3, 0.4) is 0 Å². The molecule has 0 saturated heterocycles. The van der Waals surface area contributed by atoms with Gasteiger partial charge in [-0.25, -0.2) is 13.9 Å². The van der Waals surface area contributed by atoms with Crippen molar-refractivity contribution >= 4 is 35.0 Å². The largest absolute Gasteiger partial charge is 0.322 e. The SMILES string of the molecule is Cc1ccc(-n2nc(C(C)(C)C)cc2NC(=O)CN(Cc2ccccc2)C(=O)Nc2ccc(F)c(Cl)c2)cc1. The van der Waals surface area contributed by atoms with E-state index in [0.29, 0.717) is 11.5 Å². The van der Waals surface area contributed by atoms with Gasteiger partial charge in [0.25, 0.3) is 0 Å². The van der Waals surface area contributed by atoms with Gasteiger partial charge in [-0.2, -0.15) is 5.10 Å². The lowest BCUT2D eigenvalue weighted by atomic mass is 9.92. The molecule has 0 aliphatic rings. The van der Waals surface area contributed by atoms with Crippen molar-refractivity contribution in [1.29, 1.82) is 0 Å². The summed E-state index contributed by atoms with van der Waals surface area (Å²) in [5, 5.41) is 10.3. The molecule has 9 heteroatoms. The van der Waals surface area contributed by atoms with Crippen LogP contribution in [0, 0.1) is 12.7 Å². The second-order valence-electron chi connectivity index (χ2n) is 10.4. The molecule has 202 valence electrons. The molecule has 3 amide bonds. The lowest BCUT2D eigenvalue weighted by molar-refractivity contribution is -0.116. The summed E-state index contributed by atoms with van der Waals surface area (Å²) in [6, 6.07) is 22.4. The molecular formula is C30H31ClFN5O2. The predicted molar refractivity (Wildman–Crippen MR) is 153 cm³/mol. The highest BCUT2D eigenvalue weighted by Gasteiger charge is 2.23. The number of hydrogen-bond acceptors (Lipinski definition) is 3. The fourth-order valence-corrected chi connectivity index (χ4v) is 4.04. The van der Waals surface area contributed by atoms with E-state index >= 15 is 0 Å². The fraction of sp³-hybridized carbons (Fsp3) is 0.233. The number of aryl methyl sites for hydroxylation is 1. The van der Waals surface area contributed by atoms with Gasteiger partial charge in [0.1, 0.15) is 18.2 Å². The van der Waals surface area contributed by atoms with Gasteiger partial charge >= 0.3 is 6.03 Å². The lowest BCUT2D eigenvalue weighted by Gasteiger charge is -2.23. The zero-order chi connectivity index (χ0) is 28.2. The van der Waals surface area contributed by atoms with Gasteiger partial charge in [-0.05, 0) is 42.8 Å². The number of urea groups is 1. The Morgan fingerprint density at radius 3 is 2.31 bits per heavy atom. The molecular weight excluding hydrogens is 517 g/mol. The normalized spacial score (nSPS) is 11.2. The van der Waals surface area contributed by atoms with E-state index in [-0.39, 0.29) is 23.5 Å². The van der Waals surface area contributed by atoms with E-state index in [0.717, 1.165) is 22.5 Å². The molecule has 0 unspecified atom stereocenters. The van der Waals surface area contributed by atoms with Crippen molar-refractivity contribution in [3.05, 3.63) is 107 Å². The molecule has 4 aromatic rings. The van der Waals surface area contributed by atoms with E-state index in [9.17, 15) is 14.0 Å². The summed E-state index contributed by atoms with van der Waals surface area (Å²) >= 11 is 5.88. The average Bonchev–Trinajstić information content (AvgIpc) is 3.31. The molecule has 0 radical (unpaired) electrons. The maximum atomic E-state index is 13.6. The molecule has 7 nitrogen and oxygen atoms in total. The summed E-state index contributed by atoms with van der Waals surface area (Å²) in [6.07, 6.45) is 0. The minimum atomic E-state index is -0.588. The quantitative estimate of drug-likeness (QED) is 0.263. The number of halogens is 2. The standard InChI is InChI=1S/C30H31ClFN5O2/c1-20-10-13-23(14-11-20)37-27(17-26(35-37)30(2,3)4)34-28(38)19-36(18-21-8-6-5-7-9-21)29(39)33-22-12-15-25(32)24(31)16-22/h5-17H,18-19H2,1-4H3,(H,33,39)(H,34,38). The smallest absolute Gasteiger partial charge is 0.311 e. The van der Waals surface area contributed by atoms with Crippen molar-refractivity contribution in [1.82, 2.24) is 14.7 Å². The summed E-state index contributed by atoms with van der Waals surface area (Å²) in [4.78, 5) is 27.9. The van der Waals surface area contributed by atoms with Crippen LogP contribution in [0.15, 0.2) is 78.9 Å². The van der Waals surface area contributed by atoms with Crippen molar-refractivity contribution in [3.63, 3.8) is 0 Å². The Balaban J connectivity index is 1.58. The maximum absolute atomic E-state index is 13.6. The monoisotopic (exact) mass is 547 g/mol. The number of anilines is 2. The molecule has 1 heterocycles. The first-order chi connectivity index (χ1) is 18.5. The molecule has 1 aromatic heterocycles. The Bertz CT molecular complexity index is 1460. The van der Waals surface area contributed by atoms with Gasteiger partial charge in [0, 0.05) is 23.7 Å². The summed E-state index contributed by atoms with van der Waals surface area (Å²) < 4.78 is 15.3. The van der Waals surface area contributed by atoms with Crippen LogP contribution in [0.5, 0.6) is 0 Å². The van der Waals surface area contributed by atoms with Gasteiger partial charge in [-0.15, -0.1) is 0 Å². The highest BCUT2D eigenvalue weighted by Crippen LogP contribution is 2.27. The number of amides is 3. The number of hydrogen-bond donors (Lipinski definition) is 2. The molecule has 0 fully saturated rings. The predicted octanol–water partition coefficient (Wildman–Crippen LogP) is 6.94. The summed E-state index contributed by atoms with van der Waals surface area (Å²) in [5.41, 5.74) is 3.64. The minimum absolute atomic E-state index is 0.112. The Morgan fingerprint density at radius 2 is 1.67 bits per heavy atom. The molecule has 0 bridgehead atoms. The average molecular weight is 548 g/mol. The fourth-order valence-electron chi connectivity index (χ4n) is 3.85. The molecule has 0 spiro atoms. The summed E-state index contributed by atoms with van der Waals surface area (Å²) in [7, 11) is 0. The number of aromatic nitrogens is 2. The third-order valence-corrected chi connectivity index (χ3v) is 6.32. The Kier molecular flexibility index (Phi) is 8.35. The van der Waals surface area contributed by atoms with Crippen LogP contribution in [0.1, 0.15) is 37.6 Å². The number of nitrogens with one attached hydrogen (secondary N) is 2. The molecule has 0 aliphatic carbocycles. The van der Waals surface area contributed by atoms with Crippen LogP contribution in [0.4, 0.5) is 20.7 Å². The highest BCUT2D eigenvalue weighted by atomic mass is 35.5. The maximum Gasteiger partial charge on any atom is 0.322 e. The number of carbonyl (C=O) groups is 2. The topological polar surface area (TPSA) is 79.3 Å². The first-order valence-electron chi connectivity index (χ1n) is 12.5. The van der Waals surface area contributed by atoms with Crippen molar-refractivity contribution in [2.45, 2.75) is 39.7 Å². The van der Waals surface area contributed by atoms with Gasteiger partial charge in [0.2, 0.25) is 5.91 Å². The number of nitrogens with zero attached hydrogens (tertiary/aromatic N) is 3. The summed E-state index contributed by atoms with van der Waals surface area (Å²) in [5.74, 6) is -0.485. The van der Waals surface area contributed by atoms with Gasteiger partial charge in [-0.3, -0.25) is 4.79 Å².